The van der Waals surface area contributed by atoms with E-state index in [4.69, 9.17) is 14.2 Å². The molecule has 0 unspecified atom stereocenters. The van der Waals surface area contributed by atoms with Crippen LogP contribution in [0.25, 0.3) is 10.9 Å². The number of hydrogen-bond acceptors (Lipinski definition) is 5. The zero-order valence-electron chi connectivity index (χ0n) is 12.8. The zero-order valence-corrected chi connectivity index (χ0v) is 12.8. The molecule has 116 valence electrons. The van der Waals surface area contributed by atoms with E-state index in [1.807, 2.05) is 24.3 Å². The third kappa shape index (κ3) is 3.08. The Kier molecular flexibility index (Phi) is 4.10. The van der Waals surface area contributed by atoms with E-state index in [9.17, 15) is 4.79 Å². The number of methoxy groups -OCH3 is 2. The maximum atomic E-state index is 12.3. The Morgan fingerprint density at radius 3 is 2.52 bits per heavy atom. The van der Waals surface area contributed by atoms with Crippen LogP contribution in [-0.2, 0) is 0 Å². The topological polar surface area (TPSA) is 57.7 Å². The van der Waals surface area contributed by atoms with Gasteiger partial charge in [-0.15, -0.1) is 0 Å². The number of fused-ring (bicyclic) bond motifs is 1. The summed E-state index contributed by atoms with van der Waals surface area (Å²) in [6, 6.07) is 14.3. The fourth-order valence-electron chi connectivity index (χ4n) is 2.23. The van der Waals surface area contributed by atoms with E-state index in [1.54, 1.807) is 31.4 Å². The van der Waals surface area contributed by atoms with Crippen molar-refractivity contribution >= 4 is 16.9 Å². The molecule has 2 aromatic carbocycles. The number of pyridine rings is 1. The van der Waals surface area contributed by atoms with Gasteiger partial charge in [0.2, 0.25) is 0 Å². The molecule has 0 radical (unpaired) electrons. The smallest absolute Gasteiger partial charge is 0.345 e. The van der Waals surface area contributed by atoms with E-state index in [1.165, 1.54) is 13.3 Å². The minimum atomic E-state index is -0.476. The number of para-hydroxylation sites is 1. The summed E-state index contributed by atoms with van der Waals surface area (Å²) in [4.78, 5) is 16.5. The van der Waals surface area contributed by atoms with Crippen LogP contribution >= 0.6 is 0 Å². The van der Waals surface area contributed by atoms with Gasteiger partial charge in [-0.05, 0) is 24.3 Å². The summed E-state index contributed by atoms with van der Waals surface area (Å²) in [5, 5.41) is 0.884. The Morgan fingerprint density at radius 1 is 0.957 bits per heavy atom. The summed E-state index contributed by atoms with van der Waals surface area (Å²) in [6.07, 6.45) is 1.51. The lowest BCUT2D eigenvalue weighted by atomic mass is 10.1. The first-order valence-corrected chi connectivity index (χ1v) is 7.00. The van der Waals surface area contributed by atoms with Crippen LogP contribution in [-0.4, -0.2) is 25.2 Å². The Balaban J connectivity index is 1.85. The highest BCUT2D eigenvalue weighted by molar-refractivity contribution is 5.94. The van der Waals surface area contributed by atoms with E-state index in [-0.39, 0.29) is 0 Å². The second kappa shape index (κ2) is 6.36. The molecule has 0 aliphatic rings. The molecule has 0 N–H and O–H groups in total. The number of ether oxygens (including phenoxy) is 3. The van der Waals surface area contributed by atoms with Crippen molar-refractivity contribution in [1.82, 2.24) is 4.98 Å². The van der Waals surface area contributed by atoms with Gasteiger partial charge in [0.1, 0.15) is 5.75 Å². The van der Waals surface area contributed by atoms with Crippen molar-refractivity contribution in [1.29, 1.82) is 0 Å². The van der Waals surface area contributed by atoms with Crippen LogP contribution in [0.5, 0.6) is 17.2 Å². The molecule has 0 spiro atoms. The number of carbonyl (C=O) groups is 1. The molecule has 0 fully saturated rings. The number of hydrogen-bond donors (Lipinski definition) is 0. The van der Waals surface area contributed by atoms with Gasteiger partial charge in [-0.3, -0.25) is 4.98 Å². The lowest BCUT2D eigenvalue weighted by molar-refractivity contribution is 0.0734. The van der Waals surface area contributed by atoms with Gasteiger partial charge in [0, 0.05) is 17.6 Å². The summed E-state index contributed by atoms with van der Waals surface area (Å²) in [7, 11) is 3.07. The van der Waals surface area contributed by atoms with Crippen LogP contribution in [0.4, 0.5) is 0 Å². The number of esters is 1. The van der Waals surface area contributed by atoms with E-state index >= 15 is 0 Å². The highest BCUT2D eigenvalue weighted by Gasteiger charge is 2.12. The summed E-state index contributed by atoms with van der Waals surface area (Å²) in [5.74, 6) is 0.963. The molecule has 23 heavy (non-hydrogen) atoms. The number of aromatic nitrogens is 1. The molecule has 0 saturated carbocycles. The molecule has 3 aromatic rings. The first kappa shape index (κ1) is 14.8. The second-order valence-electron chi connectivity index (χ2n) is 4.82. The van der Waals surface area contributed by atoms with Gasteiger partial charge in [0.15, 0.2) is 11.5 Å². The molecule has 5 nitrogen and oxygen atoms in total. The molecule has 3 rings (SSSR count). The van der Waals surface area contributed by atoms with E-state index in [0.29, 0.717) is 22.8 Å². The highest BCUT2D eigenvalue weighted by atomic mass is 16.5. The Labute approximate surface area is 133 Å². The van der Waals surface area contributed by atoms with Gasteiger partial charge in [0.25, 0.3) is 0 Å². The SMILES string of the molecule is COc1ccc(OC(=O)c2cnc3ccccc3c2)cc1OC. The van der Waals surface area contributed by atoms with Gasteiger partial charge < -0.3 is 14.2 Å². The van der Waals surface area contributed by atoms with Gasteiger partial charge >= 0.3 is 5.97 Å². The van der Waals surface area contributed by atoms with Gasteiger partial charge in [-0.2, -0.15) is 0 Å². The van der Waals surface area contributed by atoms with Crippen LogP contribution in [0.3, 0.4) is 0 Å². The summed E-state index contributed by atoms with van der Waals surface area (Å²) >= 11 is 0. The largest absolute Gasteiger partial charge is 0.493 e. The Morgan fingerprint density at radius 2 is 1.74 bits per heavy atom. The Hall–Kier alpha value is -3.08. The van der Waals surface area contributed by atoms with Crippen LogP contribution in [0.15, 0.2) is 54.7 Å². The second-order valence-corrected chi connectivity index (χ2v) is 4.82. The van der Waals surface area contributed by atoms with Crippen molar-refractivity contribution < 1.29 is 19.0 Å². The summed E-state index contributed by atoms with van der Waals surface area (Å²) in [6.45, 7) is 0. The molecule has 0 bridgehead atoms. The fraction of sp³-hybridized carbons (Fsp3) is 0.111. The molecule has 0 amide bonds. The first-order valence-electron chi connectivity index (χ1n) is 7.00. The van der Waals surface area contributed by atoms with E-state index in [2.05, 4.69) is 4.98 Å². The van der Waals surface area contributed by atoms with Crippen LogP contribution in [0.1, 0.15) is 10.4 Å². The van der Waals surface area contributed by atoms with Gasteiger partial charge in [-0.1, -0.05) is 18.2 Å². The maximum absolute atomic E-state index is 12.3. The van der Waals surface area contributed by atoms with Gasteiger partial charge in [-0.25, -0.2) is 4.79 Å². The van der Waals surface area contributed by atoms with Crippen LogP contribution in [0, 0.1) is 0 Å². The summed E-state index contributed by atoms with van der Waals surface area (Å²) in [5.41, 5.74) is 1.22. The van der Waals surface area contributed by atoms with Crippen molar-refractivity contribution in [3.05, 3.63) is 60.3 Å². The van der Waals surface area contributed by atoms with E-state index < -0.39 is 5.97 Å². The van der Waals surface area contributed by atoms with Crippen molar-refractivity contribution in [3.8, 4) is 17.2 Å². The molecule has 0 atom stereocenters. The monoisotopic (exact) mass is 309 g/mol. The number of nitrogens with zero attached hydrogens (tertiary/aromatic N) is 1. The van der Waals surface area contributed by atoms with Crippen molar-refractivity contribution in [2.24, 2.45) is 0 Å². The van der Waals surface area contributed by atoms with Crippen molar-refractivity contribution in [2.45, 2.75) is 0 Å². The minimum absolute atomic E-state index is 0.376. The Bertz CT molecular complexity index is 861. The van der Waals surface area contributed by atoms with E-state index in [0.717, 1.165) is 10.9 Å². The zero-order chi connectivity index (χ0) is 16.2. The standard InChI is InChI=1S/C18H15NO4/c1-21-16-8-7-14(10-17(16)22-2)23-18(20)13-9-12-5-3-4-6-15(12)19-11-13/h3-11H,1-2H3. The third-order valence-corrected chi connectivity index (χ3v) is 3.39. The highest BCUT2D eigenvalue weighted by Crippen LogP contribution is 2.31. The first-order chi connectivity index (χ1) is 11.2. The molecule has 1 aromatic heterocycles. The predicted octanol–water partition coefficient (Wildman–Crippen LogP) is 3.47. The predicted molar refractivity (Wildman–Crippen MR) is 86.2 cm³/mol. The molecule has 1 heterocycles. The minimum Gasteiger partial charge on any atom is -0.493 e. The number of carbonyl (C=O) groups excluding carboxylic acids is 1. The number of rotatable bonds is 4. The lowest BCUT2D eigenvalue weighted by Crippen LogP contribution is -2.09. The number of benzene rings is 2. The van der Waals surface area contributed by atoms with Crippen LogP contribution in [0.2, 0.25) is 0 Å². The quantitative estimate of drug-likeness (QED) is 0.545. The van der Waals surface area contributed by atoms with Gasteiger partial charge in [0.05, 0.1) is 25.3 Å². The molecule has 0 aliphatic carbocycles. The molecule has 0 saturated heterocycles. The molecule has 0 aliphatic heterocycles. The molecular weight excluding hydrogens is 294 g/mol. The molecular formula is C18H15NO4. The third-order valence-electron chi connectivity index (χ3n) is 3.39. The summed E-state index contributed by atoms with van der Waals surface area (Å²) < 4.78 is 15.7. The van der Waals surface area contributed by atoms with Crippen molar-refractivity contribution in [3.63, 3.8) is 0 Å². The maximum Gasteiger partial charge on any atom is 0.345 e. The van der Waals surface area contributed by atoms with Crippen LogP contribution < -0.4 is 14.2 Å². The average molecular weight is 309 g/mol. The average Bonchev–Trinajstić information content (AvgIpc) is 2.61. The normalized spacial score (nSPS) is 10.3. The fourth-order valence-corrected chi connectivity index (χ4v) is 2.23. The molecule has 5 heteroatoms. The lowest BCUT2D eigenvalue weighted by Gasteiger charge is -2.10. The van der Waals surface area contributed by atoms with Crippen molar-refractivity contribution in [2.75, 3.05) is 14.2 Å².